The fourth-order valence-electron chi connectivity index (χ4n) is 4.20. The van der Waals surface area contributed by atoms with Crippen molar-refractivity contribution in [3.05, 3.63) is 89.2 Å². The van der Waals surface area contributed by atoms with Crippen LogP contribution in [0.1, 0.15) is 24.1 Å². The summed E-state index contributed by atoms with van der Waals surface area (Å²) in [6.45, 7) is 2.07. The van der Waals surface area contributed by atoms with Gasteiger partial charge in [0.15, 0.2) is 0 Å². The summed E-state index contributed by atoms with van der Waals surface area (Å²) in [5.41, 5.74) is 6.69. The third kappa shape index (κ3) is 3.22. The van der Waals surface area contributed by atoms with Gasteiger partial charge in [0.25, 0.3) is 0 Å². The first-order valence-corrected chi connectivity index (χ1v) is 11.0. The summed E-state index contributed by atoms with van der Waals surface area (Å²) in [4.78, 5) is 0. The van der Waals surface area contributed by atoms with Crippen LogP contribution >= 0.6 is 11.6 Å². The number of nitriles is 1. The van der Waals surface area contributed by atoms with E-state index >= 15 is 0 Å². The molecule has 1 unspecified atom stereocenters. The molecule has 1 N–H and O–H groups in total. The van der Waals surface area contributed by atoms with Gasteiger partial charge in [0, 0.05) is 17.1 Å². The van der Waals surface area contributed by atoms with E-state index in [-0.39, 0.29) is 6.04 Å². The van der Waals surface area contributed by atoms with E-state index in [0.717, 1.165) is 38.9 Å². The SMILES string of the molecule is CC(c1ccc(C#N)cc1)n1nccc1-c1cc2c(cc1Cl)nnn2-c1ccc2cn[nH]c2c1. The zero-order chi connectivity index (χ0) is 23.2. The third-order valence-electron chi connectivity index (χ3n) is 6.04. The van der Waals surface area contributed by atoms with Crippen molar-refractivity contribution in [2.45, 2.75) is 13.0 Å². The van der Waals surface area contributed by atoms with Crippen LogP contribution in [-0.4, -0.2) is 35.0 Å². The first-order chi connectivity index (χ1) is 16.6. The van der Waals surface area contributed by atoms with E-state index in [9.17, 15) is 0 Å². The maximum atomic E-state index is 9.09. The van der Waals surface area contributed by atoms with E-state index < -0.39 is 0 Å². The van der Waals surface area contributed by atoms with Crippen molar-refractivity contribution in [2.75, 3.05) is 0 Å². The standard InChI is InChI=1S/C25H17ClN8/c1-15(17-4-2-16(13-27)3-5-17)33-24(8-9-29-33)20-11-25-23(12-21(20)26)31-32-34(25)19-7-6-18-14-28-30-22(18)10-19/h2-12,14-15H,1H3,(H,28,30). The Morgan fingerprint density at radius 1 is 1.06 bits per heavy atom. The lowest BCUT2D eigenvalue weighted by molar-refractivity contribution is 0.571. The van der Waals surface area contributed by atoms with Crippen LogP contribution in [0.2, 0.25) is 5.02 Å². The fraction of sp³-hybridized carbons (Fsp3) is 0.0800. The summed E-state index contributed by atoms with van der Waals surface area (Å²) < 4.78 is 3.72. The van der Waals surface area contributed by atoms with Crippen molar-refractivity contribution in [3.63, 3.8) is 0 Å². The number of nitrogens with one attached hydrogen (secondary N) is 1. The largest absolute Gasteiger partial charge is 0.278 e. The lowest BCUT2D eigenvalue weighted by atomic mass is 10.1. The number of nitrogens with zero attached hydrogens (tertiary/aromatic N) is 7. The van der Waals surface area contributed by atoms with E-state index in [0.29, 0.717) is 16.1 Å². The van der Waals surface area contributed by atoms with Crippen molar-refractivity contribution in [1.82, 2.24) is 35.0 Å². The highest BCUT2D eigenvalue weighted by Crippen LogP contribution is 2.34. The Bertz CT molecular complexity index is 1700. The Morgan fingerprint density at radius 3 is 2.74 bits per heavy atom. The van der Waals surface area contributed by atoms with E-state index in [2.05, 4.69) is 38.6 Å². The molecule has 3 aromatic carbocycles. The first kappa shape index (κ1) is 20.1. The Morgan fingerprint density at radius 2 is 1.91 bits per heavy atom. The zero-order valence-electron chi connectivity index (χ0n) is 18.0. The van der Waals surface area contributed by atoms with Gasteiger partial charge in [0.05, 0.1) is 51.3 Å². The van der Waals surface area contributed by atoms with Gasteiger partial charge in [-0.3, -0.25) is 9.78 Å². The van der Waals surface area contributed by atoms with Crippen LogP contribution < -0.4 is 0 Å². The minimum absolute atomic E-state index is 0.0599. The second-order valence-corrected chi connectivity index (χ2v) is 8.44. The minimum atomic E-state index is -0.0599. The molecule has 164 valence electrons. The lowest BCUT2D eigenvalue weighted by Crippen LogP contribution is -2.10. The van der Waals surface area contributed by atoms with Crippen molar-refractivity contribution in [1.29, 1.82) is 5.26 Å². The molecular weight excluding hydrogens is 448 g/mol. The molecule has 6 rings (SSSR count). The van der Waals surface area contributed by atoms with Gasteiger partial charge in [-0.15, -0.1) is 5.10 Å². The molecule has 9 heteroatoms. The summed E-state index contributed by atoms with van der Waals surface area (Å²) in [6.07, 6.45) is 3.55. The number of aromatic amines is 1. The van der Waals surface area contributed by atoms with Crippen LogP contribution in [0.25, 0.3) is 38.9 Å². The highest BCUT2D eigenvalue weighted by molar-refractivity contribution is 6.34. The molecule has 6 aromatic rings. The molecular formula is C25H17ClN8. The maximum Gasteiger partial charge on any atom is 0.115 e. The number of aromatic nitrogens is 7. The minimum Gasteiger partial charge on any atom is -0.278 e. The van der Waals surface area contributed by atoms with Gasteiger partial charge in [-0.05, 0) is 61.0 Å². The number of hydrogen-bond donors (Lipinski definition) is 1. The van der Waals surface area contributed by atoms with Crippen LogP contribution in [0.4, 0.5) is 0 Å². The highest BCUT2D eigenvalue weighted by Gasteiger charge is 2.18. The van der Waals surface area contributed by atoms with E-state index in [4.69, 9.17) is 16.9 Å². The molecule has 0 saturated carbocycles. The summed E-state index contributed by atoms with van der Waals surface area (Å²) >= 11 is 6.71. The quantitative estimate of drug-likeness (QED) is 0.381. The number of rotatable bonds is 4. The molecule has 1 atom stereocenters. The zero-order valence-corrected chi connectivity index (χ0v) is 18.8. The molecule has 3 heterocycles. The second kappa shape index (κ2) is 7.83. The average molecular weight is 465 g/mol. The Hall–Kier alpha value is -4.48. The van der Waals surface area contributed by atoms with Crippen LogP contribution in [-0.2, 0) is 0 Å². The smallest absolute Gasteiger partial charge is 0.115 e. The molecule has 34 heavy (non-hydrogen) atoms. The van der Waals surface area contributed by atoms with E-state index in [1.165, 1.54) is 0 Å². The predicted molar refractivity (Wildman–Crippen MR) is 130 cm³/mol. The third-order valence-corrected chi connectivity index (χ3v) is 6.35. The van der Waals surface area contributed by atoms with Gasteiger partial charge in [0.1, 0.15) is 5.52 Å². The summed E-state index contributed by atoms with van der Waals surface area (Å²) in [7, 11) is 0. The normalized spacial score (nSPS) is 12.3. The van der Waals surface area contributed by atoms with Gasteiger partial charge in [-0.25, -0.2) is 4.68 Å². The topological polar surface area (TPSA) is 101 Å². The van der Waals surface area contributed by atoms with E-state index in [1.807, 2.05) is 65.3 Å². The molecule has 0 amide bonds. The molecule has 0 radical (unpaired) electrons. The molecule has 8 nitrogen and oxygen atoms in total. The van der Waals surface area contributed by atoms with Gasteiger partial charge in [0.2, 0.25) is 0 Å². The van der Waals surface area contributed by atoms with Crippen LogP contribution in [0.15, 0.2) is 73.1 Å². The number of hydrogen-bond acceptors (Lipinski definition) is 5. The van der Waals surface area contributed by atoms with Gasteiger partial charge >= 0.3 is 0 Å². The maximum absolute atomic E-state index is 9.09. The number of halogens is 1. The molecule has 0 saturated heterocycles. The first-order valence-electron chi connectivity index (χ1n) is 10.6. The van der Waals surface area contributed by atoms with Crippen LogP contribution in [0.5, 0.6) is 0 Å². The van der Waals surface area contributed by atoms with E-state index in [1.54, 1.807) is 17.1 Å². The Labute approximate surface area is 199 Å². The van der Waals surface area contributed by atoms with Crippen molar-refractivity contribution in [3.8, 4) is 23.0 Å². The Balaban J connectivity index is 1.46. The molecule has 0 aliphatic heterocycles. The van der Waals surface area contributed by atoms with Crippen LogP contribution in [0.3, 0.4) is 0 Å². The van der Waals surface area contributed by atoms with Gasteiger partial charge in [-0.1, -0.05) is 28.9 Å². The van der Waals surface area contributed by atoms with Gasteiger partial charge in [-0.2, -0.15) is 15.5 Å². The van der Waals surface area contributed by atoms with Crippen molar-refractivity contribution in [2.24, 2.45) is 0 Å². The number of benzene rings is 3. The van der Waals surface area contributed by atoms with Crippen molar-refractivity contribution >= 4 is 33.5 Å². The van der Waals surface area contributed by atoms with Crippen molar-refractivity contribution < 1.29 is 0 Å². The predicted octanol–water partition coefficient (Wildman–Crippen LogP) is 5.29. The fourth-order valence-corrected chi connectivity index (χ4v) is 4.45. The lowest BCUT2D eigenvalue weighted by Gasteiger charge is -2.17. The number of fused-ring (bicyclic) bond motifs is 2. The molecule has 0 aliphatic rings. The highest BCUT2D eigenvalue weighted by atomic mass is 35.5. The molecule has 0 fully saturated rings. The van der Waals surface area contributed by atoms with Crippen LogP contribution in [0, 0.1) is 11.3 Å². The summed E-state index contributed by atoms with van der Waals surface area (Å²) in [5.74, 6) is 0. The molecule has 0 bridgehead atoms. The van der Waals surface area contributed by atoms with Gasteiger partial charge < -0.3 is 0 Å². The molecule has 0 spiro atoms. The summed E-state index contributed by atoms with van der Waals surface area (Å²) in [5, 5.41) is 31.0. The Kier molecular flexibility index (Phi) is 4.64. The second-order valence-electron chi connectivity index (χ2n) is 8.03. The number of H-pyrrole nitrogens is 1. The molecule has 3 aromatic heterocycles. The average Bonchev–Trinajstić information content (AvgIpc) is 3.61. The molecule has 0 aliphatic carbocycles. The summed E-state index contributed by atoms with van der Waals surface area (Å²) in [6, 6.07) is 21.3. The monoisotopic (exact) mass is 464 g/mol.